The fourth-order valence-electron chi connectivity index (χ4n) is 2.29. The Hall–Kier alpha value is -2.20. The molecule has 1 amide bonds. The molecule has 0 radical (unpaired) electrons. The molecular formula is C18H22N2O2. The number of aliphatic hydroxyl groups is 1. The van der Waals surface area contributed by atoms with Gasteiger partial charge in [0, 0.05) is 25.8 Å². The van der Waals surface area contributed by atoms with E-state index in [1.165, 1.54) is 0 Å². The van der Waals surface area contributed by atoms with Crippen LogP contribution in [0.1, 0.15) is 24.1 Å². The van der Waals surface area contributed by atoms with Crippen LogP contribution in [0.5, 0.6) is 0 Å². The maximum atomic E-state index is 12.4. The maximum Gasteiger partial charge on any atom is 0.223 e. The highest BCUT2D eigenvalue weighted by atomic mass is 16.3. The SMILES string of the molecule is O=C(CCc1ccccc1)N(CCCO)Cc1ccccn1. The van der Waals surface area contributed by atoms with Crippen LogP contribution in [-0.2, 0) is 17.8 Å². The fraction of sp³-hybridized carbons (Fsp3) is 0.333. The molecule has 0 fully saturated rings. The summed E-state index contributed by atoms with van der Waals surface area (Å²) in [4.78, 5) is 18.5. The predicted molar refractivity (Wildman–Crippen MR) is 86.1 cm³/mol. The molecule has 0 aliphatic carbocycles. The Bertz CT molecular complexity index is 558. The van der Waals surface area contributed by atoms with Crippen LogP contribution < -0.4 is 0 Å². The standard InChI is InChI=1S/C18H22N2O2/c21-14-6-13-20(15-17-9-4-5-12-19-17)18(22)11-10-16-7-2-1-3-8-16/h1-5,7-9,12,21H,6,10-11,13-15H2. The van der Waals surface area contributed by atoms with Crippen LogP contribution in [0.25, 0.3) is 0 Å². The van der Waals surface area contributed by atoms with Crippen molar-refractivity contribution in [1.29, 1.82) is 0 Å². The van der Waals surface area contributed by atoms with Gasteiger partial charge in [0.15, 0.2) is 0 Å². The van der Waals surface area contributed by atoms with Gasteiger partial charge in [-0.2, -0.15) is 0 Å². The van der Waals surface area contributed by atoms with Gasteiger partial charge in [-0.1, -0.05) is 36.4 Å². The molecule has 4 nitrogen and oxygen atoms in total. The summed E-state index contributed by atoms with van der Waals surface area (Å²) < 4.78 is 0. The van der Waals surface area contributed by atoms with E-state index < -0.39 is 0 Å². The van der Waals surface area contributed by atoms with E-state index in [9.17, 15) is 4.79 Å². The smallest absolute Gasteiger partial charge is 0.223 e. The Labute approximate surface area is 131 Å². The molecular weight excluding hydrogens is 276 g/mol. The van der Waals surface area contributed by atoms with Gasteiger partial charge in [-0.25, -0.2) is 0 Å². The minimum absolute atomic E-state index is 0.0880. The molecule has 0 saturated heterocycles. The van der Waals surface area contributed by atoms with Crippen molar-refractivity contribution in [2.45, 2.75) is 25.8 Å². The highest BCUT2D eigenvalue weighted by Gasteiger charge is 2.14. The summed E-state index contributed by atoms with van der Waals surface area (Å²) in [5.74, 6) is 0.1000. The van der Waals surface area contributed by atoms with Crippen molar-refractivity contribution in [2.24, 2.45) is 0 Å². The molecule has 4 heteroatoms. The van der Waals surface area contributed by atoms with Crippen molar-refractivity contribution >= 4 is 5.91 Å². The first kappa shape index (κ1) is 16.2. The molecule has 0 saturated carbocycles. The maximum absolute atomic E-state index is 12.4. The Kier molecular flexibility index (Phi) is 6.58. The van der Waals surface area contributed by atoms with E-state index >= 15 is 0 Å². The number of carbonyl (C=O) groups excluding carboxylic acids is 1. The Morgan fingerprint density at radius 1 is 1.09 bits per heavy atom. The number of pyridine rings is 1. The van der Waals surface area contributed by atoms with Crippen LogP contribution in [0.3, 0.4) is 0 Å². The fourth-order valence-corrected chi connectivity index (χ4v) is 2.29. The Balaban J connectivity index is 1.93. The van der Waals surface area contributed by atoms with Gasteiger partial charge in [-0.15, -0.1) is 0 Å². The van der Waals surface area contributed by atoms with Crippen LogP contribution in [0.2, 0.25) is 0 Å². The second-order valence-electron chi connectivity index (χ2n) is 5.20. The Morgan fingerprint density at radius 3 is 2.55 bits per heavy atom. The highest BCUT2D eigenvalue weighted by molar-refractivity contribution is 5.76. The number of aryl methyl sites for hydroxylation is 1. The van der Waals surface area contributed by atoms with Crippen LogP contribution in [0.4, 0.5) is 0 Å². The summed E-state index contributed by atoms with van der Waals surface area (Å²) >= 11 is 0. The minimum Gasteiger partial charge on any atom is -0.396 e. The monoisotopic (exact) mass is 298 g/mol. The van der Waals surface area contributed by atoms with E-state index in [1.807, 2.05) is 48.5 Å². The van der Waals surface area contributed by atoms with Gasteiger partial charge in [0.1, 0.15) is 0 Å². The van der Waals surface area contributed by atoms with Crippen molar-refractivity contribution in [3.05, 3.63) is 66.0 Å². The molecule has 0 bridgehead atoms. The molecule has 22 heavy (non-hydrogen) atoms. The van der Waals surface area contributed by atoms with E-state index in [-0.39, 0.29) is 12.5 Å². The largest absolute Gasteiger partial charge is 0.396 e. The van der Waals surface area contributed by atoms with Crippen LogP contribution in [0, 0.1) is 0 Å². The van der Waals surface area contributed by atoms with Crippen molar-refractivity contribution in [3.63, 3.8) is 0 Å². The summed E-state index contributed by atoms with van der Waals surface area (Å²) in [6.45, 7) is 1.14. The molecule has 0 spiro atoms. The number of aliphatic hydroxyl groups excluding tert-OH is 1. The quantitative estimate of drug-likeness (QED) is 0.814. The summed E-state index contributed by atoms with van der Waals surface area (Å²) in [6.07, 6.45) is 3.53. The first-order valence-electron chi connectivity index (χ1n) is 7.62. The number of benzene rings is 1. The third kappa shape index (κ3) is 5.30. The van der Waals surface area contributed by atoms with Crippen molar-refractivity contribution in [2.75, 3.05) is 13.2 Å². The van der Waals surface area contributed by atoms with Crippen molar-refractivity contribution in [3.8, 4) is 0 Å². The second kappa shape index (κ2) is 8.95. The molecule has 2 aromatic rings. The van der Waals surface area contributed by atoms with E-state index in [0.717, 1.165) is 17.7 Å². The van der Waals surface area contributed by atoms with E-state index in [0.29, 0.717) is 25.9 Å². The summed E-state index contributed by atoms with van der Waals surface area (Å²) in [5.41, 5.74) is 2.03. The summed E-state index contributed by atoms with van der Waals surface area (Å²) in [5, 5.41) is 9.02. The molecule has 1 N–H and O–H groups in total. The molecule has 0 aliphatic heterocycles. The minimum atomic E-state index is 0.0880. The lowest BCUT2D eigenvalue weighted by Crippen LogP contribution is -2.32. The Morgan fingerprint density at radius 2 is 1.86 bits per heavy atom. The molecule has 0 aliphatic rings. The lowest BCUT2D eigenvalue weighted by Gasteiger charge is -2.22. The summed E-state index contributed by atoms with van der Waals surface area (Å²) in [7, 11) is 0. The van der Waals surface area contributed by atoms with Gasteiger partial charge in [-0.05, 0) is 30.5 Å². The molecule has 0 atom stereocenters. The number of hydrogen-bond acceptors (Lipinski definition) is 3. The lowest BCUT2D eigenvalue weighted by atomic mass is 10.1. The van der Waals surface area contributed by atoms with Gasteiger partial charge in [-0.3, -0.25) is 9.78 Å². The molecule has 2 rings (SSSR count). The molecule has 0 unspecified atom stereocenters. The zero-order valence-corrected chi connectivity index (χ0v) is 12.7. The number of amides is 1. The predicted octanol–water partition coefficient (Wildman–Crippen LogP) is 2.43. The van der Waals surface area contributed by atoms with E-state index in [4.69, 9.17) is 5.11 Å². The van der Waals surface area contributed by atoms with Crippen LogP contribution in [-0.4, -0.2) is 34.0 Å². The molecule has 1 heterocycles. The average molecular weight is 298 g/mol. The van der Waals surface area contributed by atoms with Gasteiger partial charge in [0.05, 0.1) is 12.2 Å². The number of hydrogen-bond donors (Lipinski definition) is 1. The zero-order valence-electron chi connectivity index (χ0n) is 12.7. The molecule has 116 valence electrons. The zero-order chi connectivity index (χ0) is 15.6. The van der Waals surface area contributed by atoms with Gasteiger partial charge >= 0.3 is 0 Å². The number of carbonyl (C=O) groups is 1. The molecule has 1 aromatic heterocycles. The van der Waals surface area contributed by atoms with Gasteiger partial charge < -0.3 is 10.0 Å². The van der Waals surface area contributed by atoms with Gasteiger partial charge in [0.25, 0.3) is 0 Å². The van der Waals surface area contributed by atoms with E-state index in [2.05, 4.69) is 4.98 Å². The van der Waals surface area contributed by atoms with Crippen LogP contribution in [0.15, 0.2) is 54.7 Å². The number of rotatable bonds is 8. The number of nitrogens with zero attached hydrogens (tertiary/aromatic N) is 2. The van der Waals surface area contributed by atoms with Crippen LogP contribution >= 0.6 is 0 Å². The first-order chi connectivity index (χ1) is 10.8. The summed E-state index contributed by atoms with van der Waals surface area (Å²) in [6, 6.07) is 15.7. The molecule has 1 aromatic carbocycles. The third-order valence-corrected chi connectivity index (χ3v) is 3.49. The van der Waals surface area contributed by atoms with Gasteiger partial charge in [0.2, 0.25) is 5.91 Å². The van der Waals surface area contributed by atoms with E-state index in [1.54, 1.807) is 11.1 Å². The highest BCUT2D eigenvalue weighted by Crippen LogP contribution is 2.08. The number of aromatic nitrogens is 1. The van der Waals surface area contributed by atoms with Crippen molar-refractivity contribution in [1.82, 2.24) is 9.88 Å². The topological polar surface area (TPSA) is 53.4 Å². The normalized spacial score (nSPS) is 10.4. The first-order valence-corrected chi connectivity index (χ1v) is 7.62. The third-order valence-electron chi connectivity index (χ3n) is 3.49. The average Bonchev–Trinajstić information content (AvgIpc) is 2.58. The second-order valence-corrected chi connectivity index (χ2v) is 5.20. The lowest BCUT2D eigenvalue weighted by molar-refractivity contribution is -0.132. The van der Waals surface area contributed by atoms with Crippen molar-refractivity contribution < 1.29 is 9.90 Å².